The second kappa shape index (κ2) is 6.84. The van der Waals surface area contributed by atoms with Crippen molar-refractivity contribution in [1.29, 1.82) is 0 Å². The normalized spacial score (nSPS) is 23.1. The van der Waals surface area contributed by atoms with Crippen molar-refractivity contribution in [3.05, 3.63) is 18.5 Å². The van der Waals surface area contributed by atoms with Gasteiger partial charge in [-0.3, -0.25) is 4.68 Å². The van der Waals surface area contributed by atoms with Gasteiger partial charge in [0.25, 0.3) is 0 Å². The number of aliphatic hydroxyl groups excluding tert-OH is 1. The molecular weight excluding hydrogens is 232 g/mol. The summed E-state index contributed by atoms with van der Waals surface area (Å²) in [4.78, 5) is 2.26. The van der Waals surface area contributed by atoms with Gasteiger partial charge in [0.15, 0.2) is 0 Å². The number of morpholine rings is 1. The van der Waals surface area contributed by atoms with Gasteiger partial charge >= 0.3 is 0 Å². The number of rotatable bonds is 6. The molecule has 2 rings (SSSR count). The van der Waals surface area contributed by atoms with Crippen LogP contribution in [-0.4, -0.2) is 71.8 Å². The third-order valence-electron chi connectivity index (χ3n) is 3.05. The van der Waals surface area contributed by atoms with E-state index in [0.29, 0.717) is 13.1 Å². The Labute approximate surface area is 108 Å². The highest BCUT2D eigenvalue weighted by Crippen LogP contribution is 2.01. The van der Waals surface area contributed by atoms with Crippen LogP contribution in [0.2, 0.25) is 0 Å². The highest BCUT2D eigenvalue weighted by atomic mass is 16.5. The quantitative estimate of drug-likeness (QED) is 0.693. The zero-order valence-corrected chi connectivity index (χ0v) is 10.8. The smallest absolute Gasteiger partial charge is 0.0860 e. The highest BCUT2D eigenvalue weighted by Gasteiger charge is 2.17. The van der Waals surface area contributed by atoms with E-state index in [1.165, 1.54) is 0 Å². The first-order valence-electron chi connectivity index (χ1n) is 6.40. The molecular formula is C12H22N4O2. The van der Waals surface area contributed by atoms with Crippen LogP contribution in [0.4, 0.5) is 0 Å². The van der Waals surface area contributed by atoms with Crippen molar-refractivity contribution in [2.75, 3.05) is 39.8 Å². The number of nitrogens with one attached hydrogen (secondary N) is 1. The fourth-order valence-electron chi connectivity index (χ4n) is 2.09. The van der Waals surface area contributed by atoms with E-state index in [9.17, 15) is 5.11 Å². The molecule has 2 heterocycles. The Morgan fingerprint density at radius 2 is 2.50 bits per heavy atom. The molecule has 0 bridgehead atoms. The van der Waals surface area contributed by atoms with E-state index in [4.69, 9.17) is 4.74 Å². The van der Waals surface area contributed by atoms with Crippen molar-refractivity contribution < 1.29 is 9.84 Å². The minimum absolute atomic E-state index is 0.223. The first-order chi connectivity index (χ1) is 8.74. The van der Waals surface area contributed by atoms with Crippen molar-refractivity contribution in [2.24, 2.45) is 0 Å². The number of aliphatic hydroxyl groups is 1. The Morgan fingerprint density at radius 1 is 1.61 bits per heavy atom. The lowest BCUT2D eigenvalue weighted by Gasteiger charge is -2.30. The summed E-state index contributed by atoms with van der Waals surface area (Å²) in [6.07, 6.45) is 3.36. The van der Waals surface area contributed by atoms with Gasteiger partial charge in [-0.25, -0.2) is 0 Å². The van der Waals surface area contributed by atoms with Crippen LogP contribution in [0.3, 0.4) is 0 Å². The number of ether oxygens (including phenoxy) is 1. The Hall–Kier alpha value is -0.950. The topological polar surface area (TPSA) is 62.6 Å². The Bertz CT molecular complexity index is 331. The van der Waals surface area contributed by atoms with E-state index in [0.717, 1.165) is 26.2 Å². The summed E-state index contributed by atoms with van der Waals surface area (Å²) in [6.45, 7) is 4.59. The minimum atomic E-state index is -0.425. The Morgan fingerprint density at radius 3 is 3.22 bits per heavy atom. The van der Waals surface area contributed by atoms with Gasteiger partial charge in [0.05, 0.1) is 25.4 Å². The largest absolute Gasteiger partial charge is 0.390 e. The molecule has 6 heteroatoms. The molecule has 1 aliphatic heterocycles. The first kappa shape index (κ1) is 13.5. The average Bonchev–Trinajstić information content (AvgIpc) is 2.82. The summed E-state index contributed by atoms with van der Waals surface area (Å²) < 4.78 is 7.37. The van der Waals surface area contributed by atoms with Crippen LogP contribution in [0.5, 0.6) is 0 Å². The van der Waals surface area contributed by atoms with Gasteiger partial charge in [-0.1, -0.05) is 0 Å². The monoisotopic (exact) mass is 254 g/mol. The second-order valence-electron chi connectivity index (χ2n) is 4.80. The predicted molar refractivity (Wildman–Crippen MR) is 68.3 cm³/mol. The van der Waals surface area contributed by atoms with Crippen LogP contribution in [-0.2, 0) is 11.3 Å². The maximum atomic E-state index is 9.83. The van der Waals surface area contributed by atoms with Crippen molar-refractivity contribution in [3.63, 3.8) is 0 Å². The molecule has 0 unspecified atom stereocenters. The van der Waals surface area contributed by atoms with E-state index < -0.39 is 6.10 Å². The van der Waals surface area contributed by atoms with Gasteiger partial charge < -0.3 is 20.1 Å². The molecule has 0 aromatic carbocycles. The van der Waals surface area contributed by atoms with E-state index in [2.05, 4.69) is 22.4 Å². The lowest BCUT2D eigenvalue weighted by molar-refractivity contribution is -0.0192. The van der Waals surface area contributed by atoms with Crippen molar-refractivity contribution in [2.45, 2.75) is 18.8 Å². The van der Waals surface area contributed by atoms with Gasteiger partial charge in [0, 0.05) is 38.6 Å². The lowest BCUT2D eigenvalue weighted by Crippen LogP contribution is -2.46. The lowest BCUT2D eigenvalue weighted by atomic mass is 10.2. The molecule has 2 N–H and O–H groups in total. The molecule has 0 amide bonds. The predicted octanol–water partition coefficient (Wildman–Crippen LogP) is -0.836. The number of aromatic nitrogens is 2. The van der Waals surface area contributed by atoms with E-state index in [1.807, 2.05) is 12.3 Å². The van der Waals surface area contributed by atoms with Gasteiger partial charge in [0.2, 0.25) is 0 Å². The molecule has 1 aromatic heterocycles. The average molecular weight is 254 g/mol. The van der Waals surface area contributed by atoms with Crippen LogP contribution in [0.15, 0.2) is 18.5 Å². The fraction of sp³-hybridized carbons (Fsp3) is 0.750. The van der Waals surface area contributed by atoms with Crippen LogP contribution in [0.25, 0.3) is 0 Å². The van der Waals surface area contributed by atoms with Crippen LogP contribution >= 0.6 is 0 Å². The molecule has 0 radical (unpaired) electrons. The Kier molecular flexibility index (Phi) is 5.12. The Balaban J connectivity index is 1.59. The molecule has 1 fully saturated rings. The van der Waals surface area contributed by atoms with E-state index in [1.54, 1.807) is 10.9 Å². The third kappa shape index (κ3) is 4.38. The summed E-state index contributed by atoms with van der Waals surface area (Å²) in [5, 5.41) is 17.1. The molecule has 1 aliphatic rings. The number of nitrogens with zero attached hydrogens (tertiary/aromatic N) is 3. The molecule has 0 aliphatic carbocycles. The van der Waals surface area contributed by atoms with E-state index >= 15 is 0 Å². The molecule has 18 heavy (non-hydrogen) atoms. The number of hydrogen-bond donors (Lipinski definition) is 2. The number of hydrogen-bond acceptors (Lipinski definition) is 5. The van der Waals surface area contributed by atoms with Crippen LogP contribution in [0.1, 0.15) is 0 Å². The van der Waals surface area contributed by atoms with Gasteiger partial charge in [-0.05, 0) is 13.1 Å². The standard InChI is InChI=1S/C12H22N4O2/c1-15-5-6-18-12(10-15)8-13-7-11(17)9-16-4-2-3-14-16/h2-4,11-13,17H,5-10H2,1H3/t11-,12+/m0/s1. The van der Waals surface area contributed by atoms with E-state index in [-0.39, 0.29) is 6.10 Å². The summed E-state index contributed by atoms with van der Waals surface area (Å²) in [5.41, 5.74) is 0. The molecule has 102 valence electrons. The second-order valence-corrected chi connectivity index (χ2v) is 4.80. The van der Waals surface area contributed by atoms with Crippen LogP contribution < -0.4 is 5.32 Å². The van der Waals surface area contributed by atoms with Crippen molar-refractivity contribution in [1.82, 2.24) is 20.0 Å². The summed E-state index contributed by atoms with van der Waals surface area (Å²) >= 11 is 0. The maximum Gasteiger partial charge on any atom is 0.0860 e. The summed E-state index contributed by atoms with van der Waals surface area (Å²) in [5.74, 6) is 0. The maximum absolute atomic E-state index is 9.83. The number of likely N-dealkylation sites (N-methyl/N-ethyl adjacent to an activating group) is 1. The molecule has 6 nitrogen and oxygen atoms in total. The zero-order valence-electron chi connectivity index (χ0n) is 10.8. The van der Waals surface area contributed by atoms with Gasteiger partial charge in [0.1, 0.15) is 0 Å². The van der Waals surface area contributed by atoms with Crippen molar-refractivity contribution in [3.8, 4) is 0 Å². The molecule has 0 saturated carbocycles. The molecule has 1 aromatic rings. The molecule has 1 saturated heterocycles. The van der Waals surface area contributed by atoms with Crippen LogP contribution in [0, 0.1) is 0 Å². The molecule has 0 spiro atoms. The summed E-state index contributed by atoms with van der Waals surface area (Å²) in [7, 11) is 2.10. The highest BCUT2D eigenvalue weighted by molar-refractivity contribution is 4.79. The molecule has 2 atom stereocenters. The van der Waals surface area contributed by atoms with Crippen molar-refractivity contribution >= 4 is 0 Å². The first-order valence-corrected chi connectivity index (χ1v) is 6.40. The summed E-state index contributed by atoms with van der Waals surface area (Å²) in [6, 6.07) is 1.85. The fourth-order valence-corrected chi connectivity index (χ4v) is 2.09. The SMILES string of the molecule is CN1CCO[C@H](CNC[C@H](O)Cn2cccn2)C1. The zero-order chi connectivity index (χ0) is 12.8. The van der Waals surface area contributed by atoms with Gasteiger partial charge in [-0.15, -0.1) is 0 Å². The third-order valence-corrected chi connectivity index (χ3v) is 3.05. The minimum Gasteiger partial charge on any atom is -0.390 e. The van der Waals surface area contributed by atoms with Gasteiger partial charge in [-0.2, -0.15) is 5.10 Å².